The molecule has 2 amide bonds. The minimum absolute atomic E-state index is 0.198. The molecule has 2 heterocycles. The second kappa shape index (κ2) is 7.45. The van der Waals surface area contributed by atoms with Gasteiger partial charge < -0.3 is 15.5 Å². The summed E-state index contributed by atoms with van der Waals surface area (Å²) in [5.41, 5.74) is 1.70. The third-order valence-corrected chi connectivity index (χ3v) is 4.16. The van der Waals surface area contributed by atoms with E-state index < -0.39 is 21.6 Å². The lowest BCUT2D eigenvalue weighted by Crippen LogP contribution is -2.49. The van der Waals surface area contributed by atoms with Crippen molar-refractivity contribution in [1.29, 1.82) is 0 Å². The number of nitrogens with one attached hydrogen (secondary N) is 3. The van der Waals surface area contributed by atoms with E-state index in [1.807, 2.05) is 0 Å². The highest BCUT2D eigenvalue weighted by atomic mass is 32.2. The van der Waals surface area contributed by atoms with Gasteiger partial charge in [-0.3, -0.25) is 15.0 Å². The topological polar surface area (TPSA) is 136 Å². The van der Waals surface area contributed by atoms with Crippen LogP contribution in [0.25, 0.3) is 0 Å². The standard InChI is InChI=1S/C13H20N6O4S/c1-9(2)19-11(17-18-13(19)24(21,22)23)5-8-15-12(20)16-10-3-6-14-7-4-10/h3-4,6-7,9,13,18H,5,8H2,1-2H3,(H,21,22,23)(H2,14,15,16,20). The van der Waals surface area contributed by atoms with Crippen LogP contribution in [0.5, 0.6) is 0 Å². The van der Waals surface area contributed by atoms with Crippen molar-refractivity contribution >= 4 is 27.7 Å². The Balaban J connectivity index is 1.86. The number of rotatable bonds is 6. The number of hydrogen-bond acceptors (Lipinski definition) is 7. The molecule has 0 fully saturated rings. The highest BCUT2D eigenvalue weighted by molar-refractivity contribution is 7.86. The zero-order valence-electron chi connectivity index (χ0n) is 13.3. The lowest BCUT2D eigenvalue weighted by Gasteiger charge is -2.28. The van der Waals surface area contributed by atoms with Gasteiger partial charge in [0.05, 0.1) is 0 Å². The molecule has 0 spiro atoms. The van der Waals surface area contributed by atoms with Crippen molar-refractivity contribution in [3.05, 3.63) is 24.5 Å². The number of urea groups is 1. The molecule has 0 aromatic carbocycles. The van der Waals surface area contributed by atoms with E-state index in [0.29, 0.717) is 17.9 Å². The van der Waals surface area contributed by atoms with Crippen LogP contribution >= 0.6 is 0 Å². The molecule has 1 aliphatic heterocycles. The van der Waals surface area contributed by atoms with Crippen LogP contribution < -0.4 is 16.1 Å². The summed E-state index contributed by atoms with van der Waals surface area (Å²) < 4.78 is 32.0. The molecule has 0 radical (unpaired) electrons. The van der Waals surface area contributed by atoms with Crippen LogP contribution in [-0.2, 0) is 10.1 Å². The van der Waals surface area contributed by atoms with Crippen LogP contribution in [-0.4, -0.2) is 52.8 Å². The summed E-state index contributed by atoms with van der Waals surface area (Å²) in [7, 11) is -4.32. The van der Waals surface area contributed by atoms with Crippen molar-refractivity contribution in [2.75, 3.05) is 11.9 Å². The van der Waals surface area contributed by atoms with Gasteiger partial charge in [-0.15, -0.1) is 0 Å². The number of hydrazone groups is 1. The Bertz CT molecular complexity index is 706. The Labute approximate surface area is 140 Å². The average molecular weight is 356 g/mol. The van der Waals surface area contributed by atoms with E-state index >= 15 is 0 Å². The fourth-order valence-corrected chi connectivity index (χ4v) is 3.09. The highest BCUT2D eigenvalue weighted by Crippen LogP contribution is 2.16. The van der Waals surface area contributed by atoms with Crippen LogP contribution in [0.3, 0.4) is 0 Å². The summed E-state index contributed by atoms with van der Waals surface area (Å²) in [6, 6.07) is 2.72. The maximum atomic E-state index is 11.8. The molecule has 132 valence electrons. The SMILES string of the molecule is CC(C)N1C(CCNC(=O)Nc2ccncc2)=NNC1S(=O)(=O)O. The molecule has 0 aliphatic carbocycles. The lowest BCUT2D eigenvalue weighted by molar-refractivity contribution is 0.252. The highest BCUT2D eigenvalue weighted by Gasteiger charge is 2.37. The van der Waals surface area contributed by atoms with Crippen molar-refractivity contribution in [3.63, 3.8) is 0 Å². The Morgan fingerprint density at radius 3 is 2.67 bits per heavy atom. The van der Waals surface area contributed by atoms with Crippen LogP contribution in [0.2, 0.25) is 0 Å². The molecule has 0 saturated heterocycles. The Morgan fingerprint density at radius 1 is 1.42 bits per heavy atom. The number of pyridine rings is 1. The van der Waals surface area contributed by atoms with Gasteiger partial charge in [-0.1, -0.05) is 0 Å². The van der Waals surface area contributed by atoms with Gasteiger partial charge in [0.25, 0.3) is 0 Å². The molecular formula is C13H20N6O4S. The first-order valence-electron chi connectivity index (χ1n) is 7.30. The molecule has 1 aliphatic rings. The number of amidine groups is 1. The molecule has 10 nitrogen and oxygen atoms in total. The summed E-state index contributed by atoms with van der Waals surface area (Å²) in [5.74, 6) is 0.442. The van der Waals surface area contributed by atoms with E-state index in [2.05, 4.69) is 26.1 Å². The number of aromatic nitrogens is 1. The maximum Gasteiger partial charge on any atom is 0.319 e. The number of nitrogens with zero attached hydrogens (tertiary/aromatic N) is 3. The van der Waals surface area contributed by atoms with Crippen LogP contribution in [0, 0.1) is 0 Å². The lowest BCUT2D eigenvalue weighted by atomic mass is 10.3. The molecule has 1 aromatic heterocycles. The fourth-order valence-electron chi connectivity index (χ4n) is 2.25. The first-order valence-corrected chi connectivity index (χ1v) is 8.81. The van der Waals surface area contributed by atoms with E-state index in [9.17, 15) is 17.8 Å². The smallest absolute Gasteiger partial charge is 0.319 e. The van der Waals surface area contributed by atoms with Crippen molar-refractivity contribution in [1.82, 2.24) is 20.6 Å². The first kappa shape index (κ1) is 17.9. The summed E-state index contributed by atoms with van der Waals surface area (Å²) in [6.45, 7) is 3.81. The molecule has 2 rings (SSSR count). The summed E-state index contributed by atoms with van der Waals surface area (Å²) >= 11 is 0. The second-order valence-electron chi connectivity index (χ2n) is 5.39. The zero-order valence-corrected chi connectivity index (χ0v) is 14.1. The third-order valence-electron chi connectivity index (χ3n) is 3.27. The van der Waals surface area contributed by atoms with Crippen molar-refractivity contribution in [2.45, 2.75) is 31.8 Å². The van der Waals surface area contributed by atoms with Gasteiger partial charge in [-0.05, 0) is 26.0 Å². The molecule has 1 aromatic rings. The van der Waals surface area contributed by atoms with Gasteiger partial charge in [0.2, 0.25) is 5.50 Å². The quantitative estimate of drug-likeness (QED) is 0.541. The van der Waals surface area contributed by atoms with E-state index in [1.54, 1.807) is 38.4 Å². The fraction of sp³-hybridized carbons (Fsp3) is 0.462. The van der Waals surface area contributed by atoms with Gasteiger partial charge in [-0.25, -0.2) is 4.79 Å². The molecule has 11 heteroatoms. The number of hydrogen-bond donors (Lipinski definition) is 4. The van der Waals surface area contributed by atoms with E-state index in [-0.39, 0.29) is 12.6 Å². The second-order valence-corrected chi connectivity index (χ2v) is 6.87. The Morgan fingerprint density at radius 2 is 2.08 bits per heavy atom. The van der Waals surface area contributed by atoms with Crippen molar-refractivity contribution in [3.8, 4) is 0 Å². The molecule has 0 saturated carbocycles. The van der Waals surface area contributed by atoms with Gasteiger partial charge in [0.1, 0.15) is 5.84 Å². The molecule has 4 N–H and O–H groups in total. The molecule has 1 unspecified atom stereocenters. The molecular weight excluding hydrogens is 336 g/mol. The monoisotopic (exact) mass is 356 g/mol. The molecule has 0 bridgehead atoms. The predicted octanol–water partition coefficient (Wildman–Crippen LogP) is 0.392. The van der Waals surface area contributed by atoms with Gasteiger partial charge in [-0.2, -0.15) is 13.5 Å². The van der Waals surface area contributed by atoms with Crippen molar-refractivity contribution in [2.24, 2.45) is 5.10 Å². The normalized spacial score (nSPS) is 17.4. The van der Waals surface area contributed by atoms with E-state index in [1.165, 1.54) is 4.90 Å². The van der Waals surface area contributed by atoms with E-state index in [4.69, 9.17) is 0 Å². The van der Waals surface area contributed by atoms with Crippen LogP contribution in [0.15, 0.2) is 29.6 Å². The minimum atomic E-state index is -4.32. The third kappa shape index (κ3) is 4.55. The van der Waals surface area contributed by atoms with Crippen LogP contribution in [0.4, 0.5) is 10.5 Å². The summed E-state index contributed by atoms with van der Waals surface area (Å²) in [6.07, 6.45) is 3.43. The molecule has 1 atom stereocenters. The van der Waals surface area contributed by atoms with Gasteiger partial charge in [0, 0.05) is 37.1 Å². The number of carbonyl (C=O) groups is 1. The number of anilines is 1. The van der Waals surface area contributed by atoms with Crippen LogP contribution in [0.1, 0.15) is 20.3 Å². The zero-order chi connectivity index (χ0) is 17.7. The maximum absolute atomic E-state index is 11.8. The Kier molecular flexibility index (Phi) is 5.57. The largest absolute Gasteiger partial charge is 0.337 e. The van der Waals surface area contributed by atoms with Crippen molar-refractivity contribution < 1.29 is 17.8 Å². The van der Waals surface area contributed by atoms with Gasteiger partial charge in [0.15, 0.2) is 0 Å². The average Bonchev–Trinajstić information content (AvgIpc) is 2.92. The van der Waals surface area contributed by atoms with Gasteiger partial charge >= 0.3 is 16.1 Å². The minimum Gasteiger partial charge on any atom is -0.337 e. The molecule has 24 heavy (non-hydrogen) atoms. The summed E-state index contributed by atoms with van der Waals surface area (Å²) in [4.78, 5) is 17.1. The first-order chi connectivity index (χ1) is 11.3. The predicted molar refractivity (Wildman–Crippen MR) is 88.8 cm³/mol. The Hall–Kier alpha value is -2.40. The van der Waals surface area contributed by atoms with E-state index in [0.717, 1.165) is 0 Å². The summed E-state index contributed by atoms with van der Waals surface area (Å²) in [5, 5.41) is 9.23. The number of amides is 2. The number of carbonyl (C=O) groups excluding carboxylic acids is 1.